The van der Waals surface area contributed by atoms with Crippen LogP contribution in [0.3, 0.4) is 0 Å². The minimum absolute atomic E-state index is 0.0881. The minimum atomic E-state index is -0.266. The molecular formula is C22H24N2O4. The van der Waals surface area contributed by atoms with E-state index in [-0.39, 0.29) is 24.0 Å². The number of hydrogen-bond acceptors (Lipinski definition) is 4. The van der Waals surface area contributed by atoms with Crippen LogP contribution in [0.2, 0.25) is 0 Å². The summed E-state index contributed by atoms with van der Waals surface area (Å²) in [6, 6.07) is 11.3. The lowest BCUT2D eigenvalue weighted by molar-refractivity contribution is -0.118. The number of benzene rings is 2. The predicted octanol–water partition coefficient (Wildman–Crippen LogP) is 3.33. The Morgan fingerprint density at radius 1 is 1.25 bits per heavy atom. The van der Waals surface area contributed by atoms with Crippen LogP contribution in [-0.2, 0) is 22.4 Å². The van der Waals surface area contributed by atoms with Gasteiger partial charge in [0.1, 0.15) is 5.60 Å². The fourth-order valence-electron chi connectivity index (χ4n) is 3.85. The molecule has 0 atom stereocenters. The molecule has 0 aliphatic carbocycles. The standard InChI is InChI=1S/C22H24N2O4/c1-4-24-17-9-8-16(10-15(17)11-20(24)26)23-19(25)13-27-18-7-5-6-14-12-22(2,3)28-21(14)18/h5-10H,4,11-13H2,1-3H3,(H,23,25). The van der Waals surface area contributed by atoms with Gasteiger partial charge >= 0.3 is 0 Å². The van der Waals surface area contributed by atoms with Crippen molar-refractivity contribution in [2.24, 2.45) is 0 Å². The van der Waals surface area contributed by atoms with Gasteiger partial charge in [-0.15, -0.1) is 0 Å². The molecule has 0 bridgehead atoms. The Kier molecular flexibility index (Phi) is 4.49. The predicted molar refractivity (Wildman–Crippen MR) is 107 cm³/mol. The molecule has 2 amide bonds. The number of likely N-dealkylation sites (N-methyl/N-ethyl adjacent to an activating group) is 1. The number of ether oxygens (including phenoxy) is 2. The van der Waals surface area contributed by atoms with E-state index >= 15 is 0 Å². The summed E-state index contributed by atoms with van der Waals surface area (Å²) in [5.74, 6) is 1.13. The van der Waals surface area contributed by atoms with E-state index in [1.54, 1.807) is 4.90 Å². The Morgan fingerprint density at radius 2 is 2.07 bits per heavy atom. The second-order valence-electron chi connectivity index (χ2n) is 7.78. The highest BCUT2D eigenvalue weighted by Crippen LogP contribution is 2.41. The highest BCUT2D eigenvalue weighted by atomic mass is 16.5. The Bertz CT molecular complexity index is 952. The minimum Gasteiger partial charge on any atom is -0.483 e. The second-order valence-corrected chi connectivity index (χ2v) is 7.78. The third-order valence-corrected chi connectivity index (χ3v) is 5.03. The van der Waals surface area contributed by atoms with E-state index in [4.69, 9.17) is 9.47 Å². The Balaban J connectivity index is 1.40. The van der Waals surface area contributed by atoms with Crippen molar-refractivity contribution < 1.29 is 19.1 Å². The van der Waals surface area contributed by atoms with Gasteiger partial charge in [-0.05, 0) is 50.6 Å². The molecule has 146 valence electrons. The lowest BCUT2D eigenvalue weighted by Crippen LogP contribution is -2.25. The van der Waals surface area contributed by atoms with Crippen LogP contribution in [0.1, 0.15) is 31.9 Å². The van der Waals surface area contributed by atoms with E-state index in [0.29, 0.717) is 24.4 Å². The van der Waals surface area contributed by atoms with Crippen LogP contribution in [0.5, 0.6) is 11.5 Å². The molecule has 6 nitrogen and oxygen atoms in total. The van der Waals surface area contributed by atoms with Gasteiger partial charge in [-0.1, -0.05) is 12.1 Å². The van der Waals surface area contributed by atoms with E-state index in [0.717, 1.165) is 29.0 Å². The van der Waals surface area contributed by atoms with Gasteiger partial charge in [0, 0.05) is 29.9 Å². The SMILES string of the molecule is CCN1C(=O)Cc2cc(NC(=O)COc3cccc4c3OC(C)(C)C4)ccc21. The van der Waals surface area contributed by atoms with Crippen LogP contribution >= 0.6 is 0 Å². The molecule has 0 fully saturated rings. The summed E-state index contributed by atoms with van der Waals surface area (Å²) in [5.41, 5.74) is 3.34. The third kappa shape index (κ3) is 3.42. The van der Waals surface area contributed by atoms with Crippen molar-refractivity contribution in [3.05, 3.63) is 47.5 Å². The van der Waals surface area contributed by atoms with E-state index in [1.165, 1.54) is 0 Å². The maximum atomic E-state index is 12.3. The first-order valence-electron chi connectivity index (χ1n) is 9.53. The number of carbonyl (C=O) groups is 2. The monoisotopic (exact) mass is 380 g/mol. The zero-order valence-corrected chi connectivity index (χ0v) is 16.4. The largest absolute Gasteiger partial charge is 0.483 e. The highest BCUT2D eigenvalue weighted by molar-refractivity contribution is 6.02. The van der Waals surface area contributed by atoms with E-state index < -0.39 is 0 Å². The molecule has 0 unspecified atom stereocenters. The molecule has 2 aromatic rings. The first kappa shape index (κ1) is 18.3. The molecule has 1 N–H and O–H groups in total. The molecule has 0 spiro atoms. The second kappa shape index (κ2) is 6.86. The van der Waals surface area contributed by atoms with E-state index in [2.05, 4.69) is 5.32 Å². The molecule has 2 aliphatic rings. The Morgan fingerprint density at radius 3 is 2.86 bits per heavy atom. The normalized spacial score (nSPS) is 16.4. The van der Waals surface area contributed by atoms with Crippen LogP contribution in [0.25, 0.3) is 0 Å². The van der Waals surface area contributed by atoms with Crippen molar-refractivity contribution in [1.82, 2.24) is 0 Å². The maximum Gasteiger partial charge on any atom is 0.262 e. The zero-order valence-electron chi connectivity index (χ0n) is 16.4. The number of rotatable bonds is 5. The topological polar surface area (TPSA) is 67.9 Å². The lowest BCUT2D eigenvalue weighted by atomic mass is 10.0. The Labute approximate surface area is 164 Å². The van der Waals surface area contributed by atoms with Crippen LogP contribution in [-0.4, -0.2) is 30.6 Å². The van der Waals surface area contributed by atoms with Gasteiger partial charge in [-0.3, -0.25) is 9.59 Å². The molecule has 0 saturated heterocycles. The first-order chi connectivity index (χ1) is 13.4. The molecule has 28 heavy (non-hydrogen) atoms. The lowest BCUT2D eigenvalue weighted by Gasteiger charge is -2.18. The summed E-state index contributed by atoms with van der Waals surface area (Å²) in [6.07, 6.45) is 1.18. The average Bonchev–Trinajstić information content (AvgIpc) is 3.13. The number of fused-ring (bicyclic) bond motifs is 2. The molecule has 0 aromatic heterocycles. The summed E-state index contributed by atoms with van der Waals surface area (Å²) < 4.78 is 11.7. The van der Waals surface area contributed by atoms with Crippen LogP contribution < -0.4 is 19.7 Å². The summed E-state index contributed by atoms with van der Waals surface area (Å²) in [6.45, 7) is 6.54. The highest BCUT2D eigenvalue weighted by Gasteiger charge is 2.32. The van der Waals surface area contributed by atoms with Crippen molar-refractivity contribution in [1.29, 1.82) is 0 Å². The van der Waals surface area contributed by atoms with Crippen LogP contribution in [0, 0.1) is 0 Å². The average molecular weight is 380 g/mol. The van der Waals surface area contributed by atoms with Gasteiger partial charge in [-0.25, -0.2) is 0 Å². The first-order valence-corrected chi connectivity index (χ1v) is 9.53. The zero-order chi connectivity index (χ0) is 19.9. The van der Waals surface area contributed by atoms with Crippen molar-refractivity contribution >= 4 is 23.2 Å². The number of para-hydroxylation sites is 1. The van der Waals surface area contributed by atoms with E-state index in [9.17, 15) is 9.59 Å². The third-order valence-electron chi connectivity index (χ3n) is 5.03. The van der Waals surface area contributed by atoms with Gasteiger partial charge in [0.2, 0.25) is 5.91 Å². The molecule has 2 heterocycles. The summed E-state index contributed by atoms with van der Waals surface area (Å²) in [7, 11) is 0. The van der Waals surface area contributed by atoms with Crippen molar-refractivity contribution in [3.8, 4) is 11.5 Å². The summed E-state index contributed by atoms with van der Waals surface area (Å²) in [4.78, 5) is 26.1. The maximum absolute atomic E-state index is 12.3. The van der Waals surface area contributed by atoms with Gasteiger partial charge in [0.15, 0.2) is 18.1 Å². The number of amides is 2. The number of anilines is 2. The summed E-state index contributed by atoms with van der Waals surface area (Å²) in [5, 5.41) is 2.84. The molecule has 2 aliphatic heterocycles. The molecule has 0 saturated carbocycles. The number of nitrogens with one attached hydrogen (secondary N) is 1. The fraction of sp³-hybridized carbons (Fsp3) is 0.364. The van der Waals surface area contributed by atoms with Crippen LogP contribution in [0.4, 0.5) is 11.4 Å². The van der Waals surface area contributed by atoms with Crippen LogP contribution in [0.15, 0.2) is 36.4 Å². The van der Waals surface area contributed by atoms with Gasteiger partial charge < -0.3 is 19.7 Å². The molecule has 6 heteroatoms. The number of carbonyl (C=O) groups excluding carboxylic acids is 2. The smallest absolute Gasteiger partial charge is 0.262 e. The molecule has 4 rings (SSSR count). The molecule has 2 aromatic carbocycles. The number of hydrogen-bond donors (Lipinski definition) is 1. The van der Waals surface area contributed by atoms with Gasteiger partial charge in [0.25, 0.3) is 5.91 Å². The summed E-state index contributed by atoms with van der Waals surface area (Å²) >= 11 is 0. The molecule has 0 radical (unpaired) electrons. The number of nitrogens with zero attached hydrogens (tertiary/aromatic N) is 1. The van der Waals surface area contributed by atoms with Crippen molar-refractivity contribution in [2.45, 2.75) is 39.2 Å². The van der Waals surface area contributed by atoms with Crippen molar-refractivity contribution in [2.75, 3.05) is 23.4 Å². The Hall–Kier alpha value is -3.02. The van der Waals surface area contributed by atoms with E-state index in [1.807, 2.05) is 57.2 Å². The quantitative estimate of drug-likeness (QED) is 0.864. The van der Waals surface area contributed by atoms with Gasteiger partial charge in [0.05, 0.1) is 6.42 Å². The van der Waals surface area contributed by atoms with Gasteiger partial charge in [-0.2, -0.15) is 0 Å². The fourth-order valence-corrected chi connectivity index (χ4v) is 3.85. The molecular weight excluding hydrogens is 356 g/mol. The van der Waals surface area contributed by atoms with Crippen molar-refractivity contribution in [3.63, 3.8) is 0 Å².